The zero-order valence-corrected chi connectivity index (χ0v) is 17.2. The minimum Gasteiger partial charge on any atom is -0.378 e. The molecule has 0 unspecified atom stereocenters. The van der Waals surface area contributed by atoms with E-state index in [1.807, 2.05) is 36.4 Å². The molecular formula is C23H23F2N3O4. The Bertz CT molecular complexity index is 1010. The van der Waals surface area contributed by atoms with Gasteiger partial charge in [-0.2, -0.15) is 0 Å². The van der Waals surface area contributed by atoms with E-state index in [-0.39, 0.29) is 11.5 Å². The molecule has 0 spiro atoms. The minimum absolute atomic E-state index is 0.287. The second-order valence-electron chi connectivity index (χ2n) is 7.43. The van der Waals surface area contributed by atoms with E-state index in [0.29, 0.717) is 12.6 Å². The normalized spacial score (nSPS) is 19.9. The molecule has 0 aliphatic carbocycles. The molecule has 4 atom stereocenters. The quantitative estimate of drug-likeness (QED) is 0.507. The van der Waals surface area contributed by atoms with Crippen molar-refractivity contribution in [2.45, 2.75) is 31.0 Å². The molecule has 0 aromatic heterocycles. The molecule has 1 heterocycles. The Labute approximate surface area is 183 Å². The summed E-state index contributed by atoms with van der Waals surface area (Å²) >= 11 is 0. The van der Waals surface area contributed by atoms with Crippen LogP contribution in [0.25, 0.3) is 0 Å². The smallest absolute Gasteiger partial charge is 0.254 e. The molecular weight excluding hydrogens is 420 g/mol. The van der Waals surface area contributed by atoms with Crippen molar-refractivity contribution in [3.63, 3.8) is 0 Å². The SMILES string of the molecule is C[C@H](NC(=O)[C@H](O)c1cc(F)cc(F)c1)C(=O)N[C@@H]1C(=O)NCC=C[C@@H]1c1ccccc1. The maximum absolute atomic E-state index is 13.4. The Hall–Kier alpha value is -3.59. The number of amides is 3. The molecule has 32 heavy (non-hydrogen) atoms. The van der Waals surface area contributed by atoms with E-state index >= 15 is 0 Å². The lowest BCUT2D eigenvalue weighted by molar-refractivity contribution is -0.135. The van der Waals surface area contributed by atoms with Gasteiger partial charge < -0.3 is 21.1 Å². The van der Waals surface area contributed by atoms with Crippen molar-refractivity contribution < 1.29 is 28.3 Å². The molecule has 2 aromatic carbocycles. The van der Waals surface area contributed by atoms with Crippen molar-refractivity contribution in [1.29, 1.82) is 0 Å². The Morgan fingerprint density at radius 2 is 1.75 bits per heavy atom. The summed E-state index contributed by atoms with van der Waals surface area (Å²) in [4.78, 5) is 37.6. The number of aliphatic hydroxyl groups excluding tert-OH is 1. The molecule has 168 valence electrons. The highest BCUT2D eigenvalue weighted by molar-refractivity contribution is 5.93. The van der Waals surface area contributed by atoms with Gasteiger partial charge in [-0.25, -0.2) is 8.78 Å². The van der Waals surface area contributed by atoms with E-state index in [1.165, 1.54) is 6.92 Å². The molecule has 1 aliphatic rings. The van der Waals surface area contributed by atoms with Gasteiger partial charge in [0.25, 0.3) is 5.91 Å². The van der Waals surface area contributed by atoms with Crippen molar-refractivity contribution in [2.75, 3.05) is 6.54 Å². The van der Waals surface area contributed by atoms with Gasteiger partial charge in [-0.1, -0.05) is 42.5 Å². The molecule has 2 aromatic rings. The molecule has 0 saturated heterocycles. The first-order valence-corrected chi connectivity index (χ1v) is 10.0. The van der Waals surface area contributed by atoms with E-state index in [1.54, 1.807) is 6.08 Å². The lowest BCUT2D eigenvalue weighted by Gasteiger charge is -2.26. The highest BCUT2D eigenvalue weighted by Crippen LogP contribution is 2.23. The highest BCUT2D eigenvalue weighted by Gasteiger charge is 2.32. The minimum atomic E-state index is -1.88. The first-order valence-electron chi connectivity index (χ1n) is 10.0. The Kier molecular flexibility index (Phi) is 7.32. The van der Waals surface area contributed by atoms with Crippen molar-refractivity contribution in [2.24, 2.45) is 0 Å². The summed E-state index contributed by atoms with van der Waals surface area (Å²) in [5, 5.41) is 17.7. The van der Waals surface area contributed by atoms with Crippen molar-refractivity contribution >= 4 is 17.7 Å². The third-order valence-electron chi connectivity index (χ3n) is 5.06. The van der Waals surface area contributed by atoms with Gasteiger partial charge in [0.05, 0.1) is 0 Å². The second kappa shape index (κ2) is 10.1. The average molecular weight is 443 g/mol. The predicted octanol–water partition coefficient (Wildman–Crippen LogP) is 1.46. The number of nitrogens with one attached hydrogen (secondary N) is 3. The lowest BCUT2D eigenvalue weighted by Crippen LogP contribution is -2.54. The first kappa shape index (κ1) is 23.1. The Morgan fingerprint density at radius 3 is 2.41 bits per heavy atom. The van der Waals surface area contributed by atoms with E-state index in [4.69, 9.17) is 0 Å². The number of carbonyl (C=O) groups excluding carboxylic acids is 3. The molecule has 0 fully saturated rings. The Morgan fingerprint density at radius 1 is 1.09 bits per heavy atom. The third kappa shape index (κ3) is 5.55. The van der Waals surface area contributed by atoms with Crippen molar-refractivity contribution in [3.8, 4) is 0 Å². The number of carbonyl (C=O) groups is 3. The molecule has 3 rings (SSSR count). The van der Waals surface area contributed by atoms with E-state index in [9.17, 15) is 28.3 Å². The zero-order valence-electron chi connectivity index (χ0n) is 17.2. The largest absolute Gasteiger partial charge is 0.378 e. The van der Waals surface area contributed by atoms with Gasteiger partial charge in [0, 0.05) is 18.5 Å². The van der Waals surface area contributed by atoms with Crippen LogP contribution in [0.2, 0.25) is 0 Å². The molecule has 1 aliphatic heterocycles. The average Bonchev–Trinajstić information content (AvgIpc) is 2.94. The molecule has 0 saturated carbocycles. The molecule has 9 heteroatoms. The number of hydrogen-bond acceptors (Lipinski definition) is 4. The summed E-state index contributed by atoms with van der Waals surface area (Å²) in [7, 11) is 0. The van der Waals surface area contributed by atoms with Gasteiger partial charge in [-0.15, -0.1) is 0 Å². The van der Waals surface area contributed by atoms with Gasteiger partial charge in [0.2, 0.25) is 11.8 Å². The van der Waals surface area contributed by atoms with Crippen molar-refractivity contribution in [3.05, 3.63) is 83.4 Å². The van der Waals surface area contributed by atoms with Crippen LogP contribution in [0.3, 0.4) is 0 Å². The Balaban J connectivity index is 1.69. The fraction of sp³-hybridized carbons (Fsp3) is 0.261. The maximum Gasteiger partial charge on any atom is 0.254 e. The van der Waals surface area contributed by atoms with Crippen LogP contribution in [0.15, 0.2) is 60.7 Å². The summed E-state index contributed by atoms with van der Waals surface area (Å²) in [6, 6.07) is 9.37. The topological polar surface area (TPSA) is 108 Å². The van der Waals surface area contributed by atoms with Crippen LogP contribution in [0.1, 0.15) is 30.1 Å². The van der Waals surface area contributed by atoms with Gasteiger partial charge in [-0.05, 0) is 30.2 Å². The van der Waals surface area contributed by atoms with Crippen LogP contribution in [0.4, 0.5) is 8.78 Å². The monoisotopic (exact) mass is 443 g/mol. The lowest BCUT2D eigenvalue weighted by atomic mass is 9.90. The zero-order chi connectivity index (χ0) is 23.3. The number of hydrogen-bond donors (Lipinski definition) is 4. The summed E-state index contributed by atoms with van der Waals surface area (Å²) in [6.45, 7) is 1.69. The van der Waals surface area contributed by atoms with Gasteiger partial charge in [-0.3, -0.25) is 14.4 Å². The van der Waals surface area contributed by atoms with Gasteiger partial charge in [0.1, 0.15) is 23.7 Å². The van der Waals surface area contributed by atoms with Crippen LogP contribution >= 0.6 is 0 Å². The highest BCUT2D eigenvalue weighted by atomic mass is 19.1. The molecule has 3 amide bonds. The second-order valence-corrected chi connectivity index (χ2v) is 7.43. The van der Waals surface area contributed by atoms with Gasteiger partial charge >= 0.3 is 0 Å². The third-order valence-corrected chi connectivity index (χ3v) is 5.06. The first-order chi connectivity index (χ1) is 15.3. The van der Waals surface area contributed by atoms with Crippen molar-refractivity contribution in [1.82, 2.24) is 16.0 Å². The number of rotatable bonds is 6. The van der Waals surface area contributed by atoms with Crippen LogP contribution in [0.5, 0.6) is 0 Å². The molecule has 0 radical (unpaired) electrons. The molecule has 4 N–H and O–H groups in total. The summed E-state index contributed by atoms with van der Waals surface area (Å²) < 4.78 is 26.7. The summed E-state index contributed by atoms with van der Waals surface area (Å²) in [5.41, 5.74) is 0.538. The van der Waals surface area contributed by atoms with E-state index in [0.717, 1.165) is 17.7 Å². The van der Waals surface area contributed by atoms with Crippen LogP contribution in [0, 0.1) is 11.6 Å². The van der Waals surface area contributed by atoms with E-state index < -0.39 is 47.6 Å². The predicted molar refractivity (Wildman–Crippen MR) is 112 cm³/mol. The van der Waals surface area contributed by atoms with E-state index in [2.05, 4.69) is 16.0 Å². The summed E-state index contributed by atoms with van der Waals surface area (Å²) in [6.07, 6.45) is 1.74. The fourth-order valence-corrected chi connectivity index (χ4v) is 3.41. The van der Waals surface area contributed by atoms with Crippen LogP contribution in [-0.2, 0) is 14.4 Å². The van der Waals surface area contributed by atoms with Gasteiger partial charge in [0.15, 0.2) is 6.10 Å². The molecule has 0 bridgehead atoms. The fourth-order valence-electron chi connectivity index (χ4n) is 3.41. The molecule has 7 nitrogen and oxygen atoms in total. The standard InChI is InChI=1S/C23H23F2N3O4/c1-13(27-23(32)20(29)15-10-16(24)12-17(25)11-15)21(30)28-19-18(8-5-9-26-22(19)31)14-6-3-2-4-7-14/h2-8,10-13,18-20,29H,9H2,1H3,(H,26,31)(H,27,32)(H,28,30)/t13-,18+,19-,20+/m0/s1. The summed E-state index contributed by atoms with van der Waals surface area (Å²) in [5.74, 6) is -4.37. The maximum atomic E-state index is 13.4. The van der Waals surface area contributed by atoms with Crippen LogP contribution < -0.4 is 16.0 Å². The number of halogens is 2. The van der Waals surface area contributed by atoms with Crippen LogP contribution in [-0.4, -0.2) is 41.5 Å². The number of aliphatic hydroxyl groups is 1. The number of benzene rings is 2.